The number of hydrogen-bond acceptors (Lipinski definition) is 2. The molecule has 1 rings (SSSR count). The highest BCUT2D eigenvalue weighted by Crippen LogP contribution is 2.24. The maximum Gasteiger partial charge on any atom is 0.123 e. The van der Waals surface area contributed by atoms with Gasteiger partial charge in [0.2, 0.25) is 0 Å². The number of ether oxygens (including phenoxy) is 1. The van der Waals surface area contributed by atoms with Crippen LogP contribution in [-0.2, 0) is 0 Å². The van der Waals surface area contributed by atoms with Gasteiger partial charge in [0.05, 0.1) is 0 Å². The molecule has 0 spiro atoms. The molecule has 0 aliphatic rings. The van der Waals surface area contributed by atoms with Crippen LogP contribution in [-0.4, -0.2) is 18.7 Å². The zero-order valence-electron chi connectivity index (χ0n) is 11.9. The van der Waals surface area contributed by atoms with Crippen molar-refractivity contribution in [1.82, 2.24) is 5.32 Å². The maximum atomic E-state index is 5.99. The van der Waals surface area contributed by atoms with Crippen molar-refractivity contribution in [1.29, 1.82) is 0 Å². The first-order chi connectivity index (χ1) is 7.90. The number of aryl methyl sites for hydroxylation is 2. The Kier molecular flexibility index (Phi) is 5.01. The van der Waals surface area contributed by atoms with Crippen LogP contribution in [0.2, 0.25) is 0 Å². The second-order valence-electron chi connectivity index (χ2n) is 5.20. The van der Waals surface area contributed by atoms with Gasteiger partial charge in [0.15, 0.2) is 0 Å². The van der Waals surface area contributed by atoms with Crippen molar-refractivity contribution in [3.8, 4) is 5.75 Å². The first kappa shape index (κ1) is 14.0. The Balaban J connectivity index is 2.68. The zero-order chi connectivity index (χ0) is 13.0. The van der Waals surface area contributed by atoms with Crippen LogP contribution in [0.5, 0.6) is 5.75 Å². The Morgan fingerprint density at radius 3 is 2.35 bits per heavy atom. The van der Waals surface area contributed by atoms with Gasteiger partial charge >= 0.3 is 0 Å². The largest absolute Gasteiger partial charge is 0.489 e. The molecule has 0 amide bonds. The van der Waals surface area contributed by atoms with Gasteiger partial charge in [-0.2, -0.15) is 0 Å². The van der Waals surface area contributed by atoms with Crippen LogP contribution < -0.4 is 10.1 Å². The third-order valence-corrected chi connectivity index (χ3v) is 2.91. The van der Waals surface area contributed by atoms with Gasteiger partial charge in [-0.1, -0.05) is 19.9 Å². The molecular formula is C15H25NO. The Labute approximate surface area is 105 Å². The van der Waals surface area contributed by atoms with Gasteiger partial charge in [-0.3, -0.25) is 0 Å². The van der Waals surface area contributed by atoms with E-state index in [-0.39, 0.29) is 6.10 Å². The van der Waals surface area contributed by atoms with Crippen LogP contribution in [0.1, 0.15) is 37.5 Å². The van der Waals surface area contributed by atoms with E-state index in [1.807, 2.05) is 0 Å². The standard InChI is InChI=1S/C15H25NO/c1-10(2)16-9-13(5)17-15-8-11(3)7-12(4)14(15)6/h7-8,10,13,16H,9H2,1-6H3. The molecule has 1 aromatic carbocycles. The first-order valence-corrected chi connectivity index (χ1v) is 6.38. The summed E-state index contributed by atoms with van der Waals surface area (Å²) in [6, 6.07) is 4.81. The van der Waals surface area contributed by atoms with Gasteiger partial charge in [0.1, 0.15) is 11.9 Å². The van der Waals surface area contributed by atoms with Crippen molar-refractivity contribution >= 4 is 0 Å². The fraction of sp³-hybridized carbons (Fsp3) is 0.600. The third kappa shape index (κ3) is 4.39. The summed E-state index contributed by atoms with van der Waals surface area (Å²) < 4.78 is 5.99. The molecule has 0 bridgehead atoms. The molecule has 96 valence electrons. The van der Waals surface area contributed by atoms with Crippen molar-refractivity contribution in [2.45, 2.75) is 53.7 Å². The lowest BCUT2D eigenvalue weighted by Crippen LogP contribution is -2.33. The van der Waals surface area contributed by atoms with Crippen molar-refractivity contribution < 1.29 is 4.74 Å². The molecule has 0 aromatic heterocycles. The van der Waals surface area contributed by atoms with E-state index in [4.69, 9.17) is 4.74 Å². The minimum absolute atomic E-state index is 0.192. The highest BCUT2D eigenvalue weighted by atomic mass is 16.5. The van der Waals surface area contributed by atoms with E-state index in [2.05, 4.69) is 59.0 Å². The monoisotopic (exact) mass is 235 g/mol. The zero-order valence-corrected chi connectivity index (χ0v) is 11.9. The molecule has 1 unspecified atom stereocenters. The summed E-state index contributed by atoms with van der Waals surface area (Å²) in [5.74, 6) is 1.01. The molecule has 0 saturated carbocycles. The average Bonchev–Trinajstić information content (AvgIpc) is 2.22. The van der Waals surface area contributed by atoms with E-state index >= 15 is 0 Å². The van der Waals surface area contributed by atoms with E-state index < -0.39 is 0 Å². The fourth-order valence-electron chi connectivity index (χ4n) is 1.78. The predicted octanol–water partition coefficient (Wildman–Crippen LogP) is 3.38. The molecule has 1 aromatic rings. The molecule has 0 heterocycles. The average molecular weight is 235 g/mol. The van der Waals surface area contributed by atoms with Crippen LogP contribution >= 0.6 is 0 Å². The van der Waals surface area contributed by atoms with Crippen molar-refractivity contribution in [2.24, 2.45) is 0 Å². The summed E-state index contributed by atoms with van der Waals surface area (Å²) in [7, 11) is 0. The topological polar surface area (TPSA) is 21.3 Å². The van der Waals surface area contributed by atoms with Gasteiger partial charge in [-0.05, 0) is 50.5 Å². The SMILES string of the molecule is Cc1cc(C)c(C)c(OC(C)CNC(C)C)c1. The number of benzene rings is 1. The number of hydrogen-bond donors (Lipinski definition) is 1. The second-order valence-corrected chi connectivity index (χ2v) is 5.20. The molecule has 0 fully saturated rings. The normalized spacial score (nSPS) is 12.9. The Morgan fingerprint density at radius 1 is 1.12 bits per heavy atom. The molecule has 0 aliphatic heterocycles. The van der Waals surface area contributed by atoms with Crippen LogP contribution in [0.3, 0.4) is 0 Å². The Morgan fingerprint density at radius 2 is 1.76 bits per heavy atom. The molecule has 0 radical (unpaired) electrons. The summed E-state index contributed by atoms with van der Waals surface area (Å²) in [5.41, 5.74) is 3.79. The Hall–Kier alpha value is -1.02. The number of rotatable bonds is 5. The molecule has 1 atom stereocenters. The molecule has 17 heavy (non-hydrogen) atoms. The predicted molar refractivity (Wildman–Crippen MR) is 73.9 cm³/mol. The van der Waals surface area contributed by atoms with Gasteiger partial charge in [-0.25, -0.2) is 0 Å². The van der Waals surface area contributed by atoms with Crippen molar-refractivity contribution in [2.75, 3.05) is 6.54 Å². The lowest BCUT2D eigenvalue weighted by atomic mass is 10.1. The second kappa shape index (κ2) is 6.06. The highest BCUT2D eigenvalue weighted by Gasteiger charge is 2.09. The quantitative estimate of drug-likeness (QED) is 0.845. The van der Waals surface area contributed by atoms with Gasteiger partial charge < -0.3 is 10.1 Å². The molecule has 2 heteroatoms. The third-order valence-electron chi connectivity index (χ3n) is 2.91. The molecule has 0 aliphatic carbocycles. The fourth-order valence-corrected chi connectivity index (χ4v) is 1.78. The summed E-state index contributed by atoms with van der Waals surface area (Å²) >= 11 is 0. The van der Waals surface area contributed by atoms with E-state index in [0.717, 1.165) is 12.3 Å². The summed E-state index contributed by atoms with van der Waals surface area (Å²) in [4.78, 5) is 0. The smallest absolute Gasteiger partial charge is 0.123 e. The molecular weight excluding hydrogens is 210 g/mol. The van der Waals surface area contributed by atoms with Gasteiger partial charge in [0, 0.05) is 12.6 Å². The van der Waals surface area contributed by atoms with Gasteiger partial charge in [0.25, 0.3) is 0 Å². The minimum atomic E-state index is 0.192. The number of nitrogens with one attached hydrogen (secondary N) is 1. The van der Waals surface area contributed by atoms with E-state index in [1.165, 1.54) is 16.7 Å². The maximum absolute atomic E-state index is 5.99. The molecule has 0 saturated heterocycles. The van der Waals surface area contributed by atoms with Crippen LogP contribution in [0.15, 0.2) is 12.1 Å². The van der Waals surface area contributed by atoms with Crippen LogP contribution in [0.4, 0.5) is 0 Å². The van der Waals surface area contributed by atoms with E-state index in [0.29, 0.717) is 6.04 Å². The van der Waals surface area contributed by atoms with Crippen LogP contribution in [0, 0.1) is 20.8 Å². The van der Waals surface area contributed by atoms with Gasteiger partial charge in [-0.15, -0.1) is 0 Å². The lowest BCUT2D eigenvalue weighted by molar-refractivity contribution is 0.212. The lowest BCUT2D eigenvalue weighted by Gasteiger charge is -2.19. The molecule has 2 nitrogen and oxygen atoms in total. The van der Waals surface area contributed by atoms with Crippen molar-refractivity contribution in [3.63, 3.8) is 0 Å². The molecule has 1 N–H and O–H groups in total. The summed E-state index contributed by atoms with van der Waals surface area (Å²) in [6.45, 7) is 13.6. The Bertz CT molecular complexity index is 371. The highest BCUT2D eigenvalue weighted by molar-refractivity contribution is 5.42. The van der Waals surface area contributed by atoms with Crippen molar-refractivity contribution in [3.05, 3.63) is 28.8 Å². The van der Waals surface area contributed by atoms with E-state index in [1.54, 1.807) is 0 Å². The summed E-state index contributed by atoms with van der Waals surface area (Å²) in [5, 5.41) is 3.39. The van der Waals surface area contributed by atoms with E-state index in [9.17, 15) is 0 Å². The first-order valence-electron chi connectivity index (χ1n) is 6.38. The van der Waals surface area contributed by atoms with Crippen LogP contribution in [0.25, 0.3) is 0 Å². The summed E-state index contributed by atoms with van der Waals surface area (Å²) in [6.07, 6.45) is 0.192. The minimum Gasteiger partial charge on any atom is -0.489 e.